The second-order valence-electron chi connectivity index (χ2n) is 3.46. The molecule has 0 aliphatic carbocycles. The molecule has 0 bridgehead atoms. The Kier molecular flexibility index (Phi) is 4.84. The van der Waals surface area contributed by atoms with Gasteiger partial charge in [-0.1, -0.05) is 13.0 Å². The number of anilines is 1. The summed E-state index contributed by atoms with van der Waals surface area (Å²) in [5.74, 6) is 0.986. The molecule has 1 rings (SSSR count). The lowest BCUT2D eigenvalue weighted by Gasteiger charge is -2.21. The summed E-state index contributed by atoms with van der Waals surface area (Å²) < 4.78 is 0. The Morgan fingerprint density at radius 1 is 1.60 bits per heavy atom. The van der Waals surface area contributed by atoms with Gasteiger partial charge in [0.2, 0.25) is 0 Å². The van der Waals surface area contributed by atoms with Gasteiger partial charge in [0.15, 0.2) is 0 Å². The third kappa shape index (κ3) is 3.36. The first kappa shape index (κ1) is 11.7. The topological polar surface area (TPSA) is 42.1 Å². The molecule has 15 heavy (non-hydrogen) atoms. The highest BCUT2D eigenvalue weighted by Crippen LogP contribution is 2.12. The van der Waals surface area contributed by atoms with E-state index in [-0.39, 0.29) is 0 Å². The summed E-state index contributed by atoms with van der Waals surface area (Å²) in [5, 5.41) is 0. The van der Waals surface area contributed by atoms with Crippen molar-refractivity contribution < 1.29 is 0 Å². The van der Waals surface area contributed by atoms with Crippen LogP contribution in [0.1, 0.15) is 18.9 Å². The van der Waals surface area contributed by atoms with Crippen molar-refractivity contribution in [3.8, 4) is 0 Å². The SMILES string of the molecule is C=CCN(CCC)c1cc(CN)ccn1. The average molecular weight is 205 g/mol. The summed E-state index contributed by atoms with van der Waals surface area (Å²) in [6, 6.07) is 3.99. The monoisotopic (exact) mass is 205 g/mol. The number of hydrogen-bond acceptors (Lipinski definition) is 3. The van der Waals surface area contributed by atoms with Crippen molar-refractivity contribution in [2.75, 3.05) is 18.0 Å². The molecule has 3 nitrogen and oxygen atoms in total. The van der Waals surface area contributed by atoms with Gasteiger partial charge in [-0.15, -0.1) is 6.58 Å². The minimum absolute atomic E-state index is 0.559. The molecule has 0 amide bonds. The van der Waals surface area contributed by atoms with Gasteiger partial charge >= 0.3 is 0 Å². The van der Waals surface area contributed by atoms with Crippen molar-refractivity contribution in [3.05, 3.63) is 36.5 Å². The van der Waals surface area contributed by atoms with E-state index in [1.54, 1.807) is 0 Å². The zero-order valence-corrected chi connectivity index (χ0v) is 9.32. The zero-order chi connectivity index (χ0) is 11.1. The summed E-state index contributed by atoms with van der Waals surface area (Å²) in [6.45, 7) is 8.29. The van der Waals surface area contributed by atoms with Gasteiger partial charge in [-0.2, -0.15) is 0 Å². The summed E-state index contributed by atoms with van der Waals surface area (Å²) in [7, 11) is 0. The molecule has 1 heterocycles. The van der Waals surface area contributed by atoms with E-state index in [1.807, 2.05) is 24.4 Å². The predicted octanol–water partition coefficient (Wildman–Crippen LogP) is 1.94. The average Bonchev–Trinajstić information content (AvgIpc) is 2.29. The molecule has 2 N–H and O–H groups in total. The van der Waals surface area contributed by atoms with Gasteiger partial charge in [-0.05, 0) is 24.1 Å². The van der Waals surface area contributed by atoms with Crippen LogP contribution in [0.2, 0.25) is 0 Å². The van der Waals surface area contributed by atoms with Crippen molar-refractivity contribution in [2.24, 2.45) is 5.73 Å². The molecule has 82 valence electrons. The molecular weight excluding hydrogens is 186 g/mol. The second-order valence-corrected chi connectivity index (χ2v) is 3.46. The Morgan fingerprint density at radius 3 is 3.00 bits per heavy atom. The van der Waals surface area contributed by atoms with Crippen molar-refractivity contribution in [1.29, 1.82) is 0 Å². The molecule has 3 heteroatoms. The van der Waals surface area contributed by atoms with E-state index < -0.39 is 0 Å². The zero-order valence-electron chi connectivity index (χ0n) is 9.32. The van der Waals surface area contributed by atoms with Crippen molar-refractivity contribution in [1.82, 2.24) is 4.98 Å². The van der Waals surface area contributed by atoms with Crippen molar-refractivity contribution in [2.45, 2.75) is 19.9 Å². The summed E-state index contributed by atoms with van der Waals surface area (Å²) in [5.41, 5.74) is 6.72. The molecule has 0 unspecified atom stereocenters. The molecule has 0 atom stereocenters. The van der Waals surface area contributed by atoms with E-state index >= 15 is 0 Å². The quantitative estimate of drug-likeness (QED) is 0.722. The number of rotatable bonds is 6. The first-order valence-electron chi connectivity index (χ1n) is 5.32. The van der Waals surface area contributed by atoms with Crippen LogP contribution in [0, 0.1) is 0 Å². The molecule has 0 aliphatic rings. The molecule has 1 aromatic rings. The Morgan fingerprint density at radius 2 is 2.40 bits per heavy atom. The maximum atomic E-state index is 5.60. The van der Waals surface area contributed by atoms with E-state index in [2.05, 4.69) is 23.4 Å². The molecule has 0 radical (unpaired) electrons. The van der Waals surface area contributed by atoms with Crippen molar-refractivity contribution >= 4 is 5.82 Å². The van der Waals surface area contributed by atoms with Crippen LogP contribution in [-0.4, -0.2) is 18.1 Å². The van der Waals surface area contributed by atoms with E-state index in [1.165, 1.54) is 0 Å². The van der Waals surface area contributed by atoms with Crippen LogP contribution in [-0.2, 0) is 6.54 Å². The van der Waals surface area contributed by atoms with Crippen molar-refractivity contribution in [3.63, 3.8) is 0 Å². The fraction of sp³-hybridized carbons (Fsp3) is 0.417. The highest BCUT2D eigenvalue weighted by molar-refractivity contribution is 5.41. The summed E-state index contributed by atoms with van der Waals surface area (Å²) >= 11 is 0. The van der Waals surface area contributed by atoms with E-state index in [0.29, 0.717) is 6.54 Å². The maximum Gasteiger partial charge on any atom is 0.129 e. The lowest BCUT2D eigenvalue weighted by molar-refractivity contribution is 0.800. The van der Waals surface area contributed by atoms with Gasteiger partial charge in [0.1, 0.15) is 5.82 Å². The highest BCUT2D eigenvalue weighted by atomic mass is 15.2. The highest BCUT2D eigenvalue weighted by Gasteiger charge is 2.04. The minimum Gasteiger partial charge on any atom is -0.353 e. The van der Waals surface area contributed by atoms with E-state index in [9.17, 15) is 0 Å². The Labute approximate surface area is 91.6 Å². The van der Waals surface area contributed by atoms with E-state index in [4.69, 9.17) is 5.73 Å². The Bertz CT molecular complexity index is 309. The van der Waals surface area contributed by atoms with Gasteiger partial charge in [-0.3, -0.25) is 0 Å². The Balaban J connectivity index is 2.83. The van der Waals surface area contributed by atoms with Gasteiger partial charge in [0.05, 0.1) is 0 Å². The maximum absolute atomic E-state index is 5.60. The first-order valence-corrected chi connectivity index (χ1v) is 5.32. The van der Waals surface area contributed by atoms with Crippen LogP contribution in [0.5, 0.6) is 0 Å². The third-order valence-electron chi connectivity index (χ3n) is 2.21. The predicted molar refractivity (Wildman–Crippen MR) is 64.8 cm³/mol. The third-order valence-corrected chi connectivity index (χ3v) is 2.21. The molecule has 0 saturated carbocycles. The van der Waals surface area contributed by atoms with Crippen LogP contribution in [0.25, 0.3) is 0 Å². The second kappa shape index (κ2) is 6.19. The van der Waals surface area contributed by atoms with Crippen LogP contribution in [0.3, 0.4) is 0 Å². The molecule has 1 aromatic heterocycles. The van der Waals surface area contributed by atoms with Gasteiger partial charge in [0.25, 0.3) is 0 Å². The first-order chi connectivity index (χ1) is 7.31. The summed E-state index contributed by atoms with van der Waals surface area (Å²) in [4.78, 5) is 6.55. The Hall–Kier alpha value is -1.35. The lowest BCUT2D eigenvalue weighted by atomic mass is 10.2. The van der Waals surface area contributed by atoms with E-state index in [0.717, 1.165) is 30.9 Å². The fourth-order valence-corrected chi connectivity index (χ4v) is 1.49. The van der Waals surface area contributed by atoms with Crippen LogP contribution < -0.4 is 10.6 Å². The number of nitrogens with two attached hydrogens (primary N) is 1. The van der Waals surface area contributed by atoms with Crippen LogP contribution >= 0.6 is 0 Å². The molecule has 0 spiro atoms. The molecule has 0 aliphatic heterocycles. The van der Waals surface area contributed by atoms with Gasteiger partial charge < -0.3 is 10.6 Å². The smallest absolute Gasteiger partial charge is 0.129 e. The molecular formula is C12H19N3. The molecule has 0 fully saturated rings. The minimum atomic E-state index is 0.559. The molecule has 0 saturated heterocycles. The van der Waals surface area contributed by atoms with Crippen LogP contribution in [0.15, 0.2) is 31.0 Å². The number of pyridine rings is 1. The van der Waals surface area contributed by atoms with Gasteiger partial charge in [-0.25, -0.2) is 4.98 Å². The number of aromatic nitrogens is 1. The van der Waals surface area contributed by atoms with Crippen LogP contribution in [0.4, 0.5) is 5.82 Å². The standard InChI is InChI=1S/C12H19N3/c1-3-7-15(8-4-2)12-9-11(10-13)5-6-14-12/h3,5-6,9H,1,4,7-8,10,13H2,2H3. The number of hydrogen-bond donors (Lipinski definition) is 1. The molecule has 0 aromatic carbocycles. The number of nitrogens with zero attached hydrogens (tertiary/aromatic N) is 2. The fourth-order valence-electron chi connectivity index (χ4n) is 1.49. The summed E-state index contributed by atoms with van der Waals surface area (Å²) in [6.07, 6.45) is 4.80. The largest absolute Gasteiger partial charge is 0.353 e. The lowest BCUT2D eigenvalue weighted by Crippen LogP contribution is -2.25. The normalized spacial score (nSPS) is 10.0. The van der Waals surface area contributed by atoms with Gasteiger partial charge in [0, 0.05) is 25.8 Å².